The lowest BCUT2D eigenvalue weighted by Gasteiger charge is -2.15. The molecule has 30 heavy (non-hydrogen) atoms. The van der Waals surface area contributed by atoms with Gasteiger partial charge in [-0.3, -0.25) is 9.36 Å². The van der Waals surface area contributed by atoms with Crippen LogP contribution in [0.25, 0.3) is 17.1 Å². The molecule has 1 N–H and O–H groups in total. The Kier molecular flexibility index (Phi) is 6.72. The predicted molar refractivity (Wildman–Crippen MR) is 111 cm³/mol. The maximum Gasteiger partial charge on any atom is 0.405 e. The molecule has 0 spiro atoms. The van der Waals surface area contributed by atoms with Gasteiger partial charge in [0.2, 0.25) is 5.91 Å². The number of rotatable bonds is 6. The third kappa shape index (κ3) is 5.54. The zero-order valence-corrected chi connectivity index (χ0v) is 17.6. The summed E-state index contributed by atoms with van der Waals surface area (Å²) in [5.74, 6) is -0.192. The SMILES string of the molecule is Cc1ccc(-c2nnc(SC(C)C(=O)NCC(F)(F)F)n2-c2ccc(Cl)cc2)cc1. The number of carbonyl (C=O) groups excluding carboxylic acids is 1. The zero-order chi connectivity index (χ0) is 21.9. The Labute approximate surface area is 180 Å². The van der Waals surface area contributed by atoms with Gasteiger partial charge in [-0.05, 0) is 38.1 Å². The molecule has 1 amide bonds. The molecule has 2 aromatic carbocycles. The zero-order valence-electron chi connectivity index (χ0n) is 16.1. The number of aryl methyl sites for hydroxylation is 1. The summed E-state index contributed by atoms with van der Waals surface area (Å²) in [7, 11) is 0. The van der Waals surface area contributed by atoms with Gasteiger partial charge < -0.3 is 5.32 Å². The number of nitrogens with zero attached hydrogens (tertiary/aromatic N) is 3. The molecule has 0 aliphatic rings. The third-order valence-corrected chi connectivity index (χ3v) is 5.44. The summed E-state index contributed by atoms with van der Waals surface area (Å²) in [5.41, 5.74) is 2.61. The van der Waals surface area contributed by atoms with Crippen molar-refractivity contribution in [3.05, 3.63) is 59.1 Å². The number of halogens is 4. The van der Waals surface area contributed by atoms with Crippen molar-refractivity contribution in [3.8, 4) is 17.1 Å². The van der Waals surface area contributed by atoms with Crippen molar-refractivity contribution in [2.45, 2.75) is 30.4 Å². The van der Waals surface area contributed by atoms with Crippen molar-refractivity contribution in [1.29, 1.82) is 0 Å². The highest BCUT2D eigenvalue weighted by Crippen LogP contribution is 2.31. The van der Waals surface area contributed by atoms with Crippen LogP contribution in [0.4, 0.5) is 13.2 Å². The minimum Gasteiger partial charge on any atom is -0.346 e. The van der Waals surface area contributed by atoms with Crippen LogP contribution in [-0.4, -0.2) is 38.6 Å². The number of benzene rings is 2. The van der Waals surface area contributed by atoms with E-state index in [1.165, 1.54) is 6.92 Å². The maximum atomic E-state index is 12.4. The van der Waals surface area contributed by atoms with E-state index in [1.807, 2.05) is 36.5 Å². The molecular weight excluding hydrogens is 437 g/mol. The van der Waals surface area contributed by atoms with E-state index < -0.39 is 23.9 Å². The second kappa shape index (κ2) is 9.09. The summed E-state index contributed by atoms with van der Waals surface area (Å²) in [4.78, 5) is 12.1. The number of carbonyl (C=O) groups is 1. The number of aromatic nitrogens is 3. The Morgan fingerprint density at radius 1 is 1.13 bits per heavy atom. The highest BCUT2D eigenvalue weighted by Gasteiger charge is 2.29. The monoisotopic (exact) mass is 454 g/mol. The topological polar surface area (TPSA) is 59.8 Å². The molecule has 158 valence electrons. The Bertz CT molecular complexity index is 1020. The first-order valence-corrected chi connectivity index (χ1v) is 10.2. The second-order valence-electron chi connectivity index (χ2n) is 6.58. The van der Waals surface area contributed by atoms with Crippen LogP contribution in [0.5, 0.6) is 0 Å². The van der Waals surface area contributed by atoms with Crippen LogP contribution in [0.2, 0.25) is 5.02 Å². The van der Waals surface area contributed by atoms with Crippen molar-refractivity contribution < 1.29 is 18.0 Å². The first kappa shape index (κ1) is 22.2. The van der Waals surface area contributed by atoms with Crippen LogP contribution < -0.4 is 5.32 Å². The van der Waals surface area contributed by atoms with Gasteiger partial charge in [-0.1, -0.05) is 53.2 Å². The highest BCUT2D eigenvalue weighted by molar-refractivity contribution is 8.00. The number of amides is 1. The molecule has 3 aromatic rings. The number of alkyl halides is 3. The second-order valence-corrected chi connectivity index (χ2v) is 8.32. The average Bonchev–Trinajstić information content (AvgIpc) is 3.10. The van der Waals surface area contributed by atoms with Gasteiger partial charge in [0.05, 0.1) is 5.25 Å². The fourth-order valence-corrected chi connectivity index (χ4v) is 3.62. The summed E-state index contributed by atoms with van der Waals surface area (Å²) in [6.45, 7) is 2.11. The van der Waals surface area contributed by atoms with Gasteiger partial charge in [0.25, 0.3) is 0 Å². The minimum absolute atomic E-state index is 0.377. The summed E-state index contributed by atoms with van der Waals surface area (Å²) in [6.07, 6.45) is -4.47. The van der Waals surface area contributed by atoms with Gasteiger partial charge in [0.1, 0.15) is 6.54 Å². The van der Waals surface area contributed by atoms with E-state index in [4.69, 9.17) is 11.6 Å². The van der Waals surface area contributed by atoms with Crippen LogP contribution in [-0.2, 0) is 4.79 Å². The van der Waals surface area contributed by atoms with E-state index in [1.54, 1.807) is 28.8 Å². The van der Waals surface area contributed by atoms with E-state index in [0.717, 1.165) is 22.9 Å². The quantitative estimate of drug-likeness (QED) is 0.529. The van der Waals surface area contributed by atoms with Crippen LogP contribution in [0.1, 0.15) is 12.5 Å². The molecule has 1 unspecified atom stereocenters. The van der Waals surface area contributed by atoms with Crippen LogP contribution in [0.3, 0.4) is 0 Å². The molecule has 5 nitrogen and oxygen atoms in total. The first-order chi connectivity index (χ1) is 14.1. The molecule has 0 fully saturated rings. The van der Waals surface area contributed by atoms with Gasteiger partial charge in [-0.15, -0.1) is 10.2 Å². The Balaban J connectivity index is 1.93. The van der Waals surface area contributed by atoms with Gasteiger partial charge >= 0.3 is 6.18 Å². The van der Waals surface area contributed by atoms with Crippen molar-refractivity contribution in [2.75, 3.05) is 6.54 Å². The molecule has 0 saturated carbocycles. The molecule has 0 saturated heterocycles. The third-order valence-electron chi connectivity index (χ3n) is 4.14. The van der Waals surface area contributed by atoms with Gasteiger partial charge in [-0.25, -0.2) is 0 Å². The number of thioether (sulfide) groups is 1. The summed E-state index contributed by atoms with van der Waals surface area (Å²) < 4.78 is 38.9. The molecule has 3 rings (SSSR count). The van der Waals surface area contributed by atoms with E-state index in [-0.39, 0.29) is 0 Å². The summed E-state index contributed by atoms with van der Waals surface area (Å²) in [6, 6.07) is 14.7. The molecule has 1 aromatic heterocycles. The molecule has 0 bridgehead atoms. The minimum atomic E-state index is -4.47. The van der Waals surface area contributed by atoms with Crippen molar-refractivity contribution in [1.82, 2.24) is 20.1 Å². The van der Waals surface area contributed by atoms with Crippen molar-refractivity contribution in [3.63, 3.8) is 0 Å². The fourth-order valence-electron chi connectivity index (χ4n) is 2.60. The summed E-state index contributed by atoms with van der Waals surface area (Å²) in [5, 5.41) is 10.5. The lowest BCUT2D eigenvalue weighted by molar-refractivity contribution is -0.137. The van der Waals surface area contributed by atoms with E-state index in [2.05, 4.69) is 10.2 Å². The fraction of sp³-hybridized carbons (Fsp3) is 0.250. The smallest absolute Gasteiger partial charge is 0.346 e. The lowest BCUT2D eigenvalue weighted by Crippen LogP contribution is -2.38. The highest BCUT2D eigenvalue weighted by atomic mass is 35.5. The standard InChI is InChI=1S/C20H18ClF3N4OS/c1-12-3-5-14(6-4-12)17-26-27-19(28(17)16-9-7-15(21)8-10-16)30-13(2)18(29)25-11-20(22,23)24/h3-10,13H,11H2,1-2H3,(H,25,29). The first-order valence-electron chi connectivity index (χ1n) is 8.93. The van der Waals surface area contributed by atoms with E-state index in [9.17, 15) is 18.0 Å². The Morgan fingerprint density at radius 3 is 2.37 bits per heavy atom. The predicted octanol–water partition coefficient (Wildman–Crippen LogP) is 5.06. The Hall–Kier alpha value is -2.52. The molecule has 1 atom stereocenters. The van der Waals surface area contributed by atoms with E-state index >= 15 is 0 Å². The molecule has 1 heterocycles. The van der Waals surface area contributed by atoms with E-state index in [0.29, 0.717) is 21.7 Å². The Morgan fingerprint density at radius 2 is 1.77 bits per heavy atom. The molecular formula is C20H18ClF3N4OS. The molecule has 0 radical (unpaired) electrons. The maximum absolute atomic E-state index is 12.4. The normalized spacial score (nSPS) is 12.6. The van der Waals surface area contributed by atoms with Gasteiger partial charge in [0.15, 0.2) is 11.0 Å². The van der Waals surface area contributed by atoms with Crippen molar-refractivity contribution in [2.24, 2.45) is 0 Å². The van der Waals surface area contributed by atoms with Gasteiger partial charge in [-0.2, -0.15) is 13.2 Å². The lowest BCUT2D eigenvalue weighted by atomic mass is 10.1. The number of nitrogens with one attached hydrogen (secondary N) is 1. The van der Waals surface area contributed by atoms with Gasteiger partial charge in [0, 0.05) is 16.3 Å². The largest absolute Gasteiger partial charge is 0.405 e. The molecule has 0 aliphatic heterocycles. The van der Waals surface area contributed by atoms with Crippen LogP contribution >= 0.6 is 23.4 Å². The van der Waals surface area contributed by atoms with Crippen molar-refractivity contribution >= 4 is 29.3 Å². The number of hydrogen-bond donors (Lipinski definition) is 1. The molecule has 10 heteroatoms. The number of hydrogen-bond acceptors (Lipinski definition) is 4. The average molecular weight is 455 g/mol. The van der Waals surface area contributed by atoms with Crippen LogP contribution in [0.15, 0.2) is 53.7 Å². The summed E-state index contributed by atoms with van der Waals surface area (Å²) >= 11 is 7.02. The molecule has 0 aliphatic carbocycles. The van der Waals surface area contributed by atoms with Crippen LogP contribution in [0, 0.1) is 6.92 Å².